The molecule has 16 heavy (non-hydrogen) atoms. The monoisotopic (exact) mass is 272 g/mol. The van der Waals surface area contributed by atoms with Gasteiger partial charge in [-0.25, -0.2) is 0 Å². The van der Waals surface area contributed by atoms with E-state index in [-0.39, 0.29) is 30.9 Å². The number of hydrogen-bond acceptors (Lipinski definition) is 2. The molecule has 1 atom stereocenters. The lowest BCUT2D eigenvalue weighted by Crippen LogP contribution is -2.29. The molecule has 4 heteroatoms. The molecule has 0 aromatic heterocycles. The summed E-state index contributed by atoms with van der Waals surface area (Å²) in [6, 6.07) is 0.232. The maximum absolute atomic E-state index is 5.73. The van der Waals surface area contributed by atoms with Crippen molar-refractivity contribution < 1.29 is 0 Å². The Labute approximate surface area is 114 Å². The number of halogens is 2. The number of rotatable bonds is 10. The van der Waals surface area contributed by atoms with Crippen LogP contribution in [0.2, 0.25) is 0 Å². The van der Waals surface area contributed by atoms with Gasteiger partial charge in [0, 0.05) is 12.6 Å². The second-order valence-electron chi connectivity index (χ2n) is 4.26. The van der Waals surface area contributed by atoms with Crippen molar-refractivity contribution in [2.24, 2.45) is 11.5 Å². The summed E-state index contributed by atoms with van der Waals surface area (Å²) in [5.41, 5.74) is 11.2. The van der Waals surface area contributed by atoms with Gasteiger partial charge in [0.05, 0.1) is 0 Å². The topological polar surface area (TPSA) is 52.0 Å². The van der Waals surface area contributed by atoms with Crippen molar-refractivity contribution >= 4 is 24.8 Å². The van der Waals surface area contributed by atoms with Crippen molar-refractivity contribution in [1.82, 2.24) is 0 Å². The summed E-state index contributed by atoms with van der Waals surface area (Å²) < 4.78 is 0. The van der Waals surface area contributed by atoms with Gasteiger partial charge in [0.15, 0.2) is 0 Å². The molecule has 0 aliphatic carbocycles. The molecule has 0 heterocycles. The summed E-state index contributed by atoms with van der Waals surface area (Å²) in [6.45, 7) is 2.89. The van der Waals surface area contributed by atoms with Crippen molar-refractivity contribution in [3.05, 3.63) is 0 Å². The largest absolute Gasteiger partial charge is 0.329 e. The maximum atomic E-state index is 5.73. The molecule has 0 aliphatic rings. The summed E-state index contributed by atoms with van der Waals surface area (Å²) in [5, 5.41) is 0. The zero-order chi connectivity index (χ0) is 10.6. The van der Waals surface area contributed by atoms with Crippen LogP contribution in [-0.2, 0) is 0 Å². The van der Waals surface area contributed by atoms with Crippen LogP contribution in [0.15, 0.2) is 0 Å². The Kier molecular flexibility index (Phi) is 24.3. The van der Waals surface area contributed by atoms with Crippen LogP contribution in [0.1, 0.15) is 64.7 Å². The fraction of sp³-hybridized carbons (Fsp3) is 1.00. The van der Waals surface area contributed by atoms with Gasteiger partial charge in [0.2, 0.25) is 0 Å². The van der Waals surface area contributed by atoms with Crippen LogP contribution >= 0.6 is 24.8 Å². The van der Waals surface area contributed by atoms with E-state index in [2.05, 4.69) is 6.92 Å². The van der Waals surface area contributed by atoms with E-state index in [4.69, 9.17) is 11.5 Å². The van der Waals surface area contributed by atoms with E-state index in [0.29, 0.717) is 6.54 Å². The predicted octanol–water partition coefficient (Wildman–Crippen LogP) is 3.65. The van der Waals surface area contributed by atoms with Crippen LogP contribution in [0.5, 0.6) is 0 Å². The first kappa shape index (κ1) is 21.8. The second kappa shape index (κ2) is 17.9. The van der Waals surface area contributed by atoms with Gasteiger partial charge in [-0.2, -0.15) is 0 Å². The zero-order valence-electron chi connectivity index (χ0n) is 10.6. The fourth-order valence-electron chi connectivity index (χ4n) is 1.66. The van der Waals surface area contributed by atoms with E-state index < -0.39 is 0 Å². The minimum atomic E-state index is 0. The zero-order valence-corrected chi connectivity index (χ0v) is 12.3. The molecule has 0 saturated carbocycles. The van der Waals surface area contributed by atoms with Gasteiger partial charge >= 0.3 is 0 Å². The van der Waals surface area contributed by atoms with Gasteiger partial charge < -0.3 is 11.5 Å². The predicted molar refractivity (Wildman–Crippen MR) is 78.8 cm³/mol. The highest BCUT2D eigenvalue weighted by molar-refractivity contribution is 5.85. The van der Waals surface area contributed by atoms with E-state index in [1.807, 2.05) is 0 Å². The van der Waals surface area contributed by atoms with Gasteiger partial charge in [-0.05, 0) is 6.42 Å². The summed E-state index contributed by atoms with van der Waals surface area (Å²) >= 11 is 0. The Morgan fingerprint density at radius 1 is 0.812 bits per heavy atom. The third-order valence-electron chi connectivity index (χ3n) is 2.73. The Hall–Kier alpha value is 0.500. The molecule has 0 bridgehead atoms. The molecule has 0 rings (SSSR count). The smallest absolute Gasteiger partial charge is 0.0163 e. The second-order valence-corrected chi connectivity index (χ2v) is 4.26. The molecular formula is C12H30Cl2N2. The highest BCUT2D eigenvalue weighted by atomic mass is 35.5. The van der Waals surface area contributed by atoms with Gasteiger partial charge in [0.25, 0.3) is 0 Å². The minimum Gasteiger partial charge on any atom is -0.329 e. The molecule has 1 unspecified atom stereocenters. The summed E-state index contributed by atoms with van der Waals surface area (Å²) in [4.78, 5) is 0. The lowest BCUT2D eigenvalue weighted by atomic mass is 10.1. The molecule has 0 spiro atoms. The van der Waals surface area contributed by atoms with E-state index in [1.54, 1.807) is 0 Å². The molecule has 0 fully saturated rings. The number of hydrogen-bond donors (Lipinski definition) is 2. The van der Waals surface area contributed by atoms with E-state index >= 15 is 0 Å². The van der Waals surface area contributed by atoms with Gasteiger partial charge in [-0.1, -0.05) is 58.3 Å². The molecule has 0 aromatic carbocycles. The minimum absolute atomic E-state index is 0. The third kappa shape index (κ3) is 16.9. The van der Waals surface area contributed by atoms with Crippen LogP contribution in [0.25, 0.3) is 0 Å². The van der Waals surface area contributed by atoms with Crippen molar-refractivity contribution in [2.75, 3.05) is 6.54 Å². The molecule has 0 radical (unpaired) electrons. The van der Waals surface area contributed by atoms with E-state index in [1.165, 1.54) is 51.4 Å². The van der Waals surface area contributed by atoms with Crippen LogP contribution in [0.3, 0.4) is 0 Å². The first-order valence-corrected chi connectivity index (χ1v) is 6.27. The highest BCUT2D eigenvalue weighted by Crippen LogP contribution is 2.09. The Bertz CT molecular complexity index is 113. The van der Waals surface area contributed by atoms with Crippen molar-refractivity contribution in [3.63, 3.8) is 0 Å². The van der Waals surface area contributed by atoms with Gasteiger partial charge in [-0.15, -0.1) is 24.8 Å². The Morgan fingerprint density at radius 2 is 1.25 bits per heavy atom. The van der Waals surface area contributed by atoms with Gasteiger partial charge in [-0.3, -0.25) is 0 Å². The molecule has 4 N–H and O–H groups in total. The fourth-order valence-corrected chi connectivity index (χ4v) is 1.66. The first-order valence-electron chi connectivity index (χ1n) is 6.27. The standard InChI is InChI=1S/C12H28N2.2ClH/c1-2-3-4-5-6-7-8-9-10-12(14)11-13;;/h12H,2-11,13-14H2,1H3;2*1H. The van der Waals surface area contributed by atoms with E-state index in [9.17, 15) is 0 Å². The van der Waals surface area contributed by atoms with Crippen molar-refractivity contribution in [1.29, 1.82) is 0 Å². The lowest BCUT2D eigenvalue weighted by Gasteiger charge is -2.07. The summed E-state index contributed by atoms with van der Waals surface area (Å²) in [6.07, 6.45) is 12.0. The molecule has 0 saturated heterocycles. The molecule has 0 amide bonds. The Balaban J connectivity index is -0.000000845. The van der Waals surface area contributed by atoms with Crippen molar-refractivity contribution in [3.8, 4) is 0 Å². The molecule has 102 valence electrons. The average Bonchev–Trinajstić information content (AvgIpc) is 2.21. The van der Waals surface area contributed by atoms with Crippen LogP contribution in [-0.4, -0.2) is 12.6 Å². The van der Waals surface area contributed by atoms with Crippen LogP contribution in [0, 0.1) is 0 Å². The normalized spacial score (nSPS) is 11.4. The third-order valence-corrected chi connectivity index (χ3v) is 2.73. The molecule has 2 nitrogen and oxygen atoms in total. The van der Waals surface area contributed by atoms with Crippen molar-refractivity contribution in [2.45, 2.75) is 70.8 Å². The Morgan fingerprint density at radius 3 is 1.69 bits per heavy atom. The van der Waals surface area contributed by atoms with Gasteiger partial charge in [0.1, 0.15) is 0 Å². The highest BCUT2D eigenvalue weighted by Gasteiger charge is 1.98. The molecule has 0 aliphatic heterocycles. The van der Waals surface area contributed by atoms with E-state index in [0.717, 1.165) is 6.42 Å². The van der Waals surface area contributed by atoms with Crippen LogP contribution < -0.4 is 11.5 Å². The average molecular weight is 273 g/mol. The lowest BCUT2D eigenvalue weighted by molar-refractivity contribution is 0.530. The quantitative estimate of drug-likeness (QED) is 0.597. The number of unbranched alkanes of at least 4 members (excludes halogenated alkanes) is 7. The van der Waals surface area contributed by atoms with Crippen LogP contribution in [0.4, 0.5) is 0 Å². The first-order chi connectivity index (χ1) is 6.81. The SMILES string of the molecule is CCCCCCCCCCC(N)CN.Cl.Cl. The molecular weight excluding hydrogens is 243 g/mol. The molecule has 0 aromatic rings. The maximum Gasteiger partial charge on any atom is 0.0163 e. The summed E-state index contributed by atoms with van der Waals surface area (Å²) in [5.74, 6) is 0. The summed E-state index contributed by atoms with van der Waals surface area (Å²) in [7, 11) is 0. The number of nitrogens with two attached hydrogens (primary N) is 2.